The van der Waals surface area contributed by atoms with Crippen molar-refractivity contribution in [2.24, 2.45) is 5.11 Å². The lowest BCUT2D eigenvalue weighted by Crippen LogP contribution is -2.64. The van der Waals surface area contributed by atoms with Crippen molar-refractivity contribution in [3.05, 3.63) is 10.4 Å². The highest BCUT2D eigenvalue weighted by Crippen LogP contribution is 2.26. The normalized spacial score (nSPS) is 23.8. The van der Waals surface area contributed by atoms with E-state index in [2.05, 4.69) is 63.2 Å². The molecule has 10 amide bonds. The van der Waals surface area contributed by atoms with Crippen molar-refractivity contribution in [1.29, 1.82) is 0 Å². The van der Waals surface area contributed by atoms with Crippen molar-refractivity contribution < 1.29 is 151 Å². The van der Waals surface area contributed by atoms with Gasteiger partial charge in [-0.15, -0.1) is 0 Å². The Bertz CT molecular complexity index is 2580. The van der Waals surface area contributed by atoms with Crippen LogP contribution in [0.3, 0.4) is 0 Å². The molecule has 0 aromatic carbocycles. The predicted octanol–water partition coefficient (Wildman–Crippen LogP) is -6.93. The molecule has 44 heteroatoms. The zero-order valence-electron chi connectivity index (χ0n) is 65.5. The number of nitrogens with zero attached hydrogens (tertiary/aromatic N) is 3. The maximum atomic E-state index is 13.8. The van der Waals surface area contributed by atoms with E-state index in [1.54, 1.807) is 0 Å². The summed E-state index contributed by atoms with van der Waals surface area (Å²) in [5, 5.41) is 121. The number of carbonyl (C=O) groups excluding carboxylic acids is 10. The van der Waals surface area contributed by atoms with Gasteiger partial charge in [-0.25, -0.2) is 0 Å². The molecule has 0 bridgehead atoms. The number of rotatable bonds is 64. The van der Waals surface area contributed by atoms with Gasteiger partial charge in [-0.05, 0) is 63.3 Å². The van der Waals surface area contributed by atoms with Gasteiger partial charge in [0.05, 0.1) is 99.1 Å². The summed E-state index contributed by atoms with van der Waals surface area (Å²) in [5.74, 6) is -4.03. The number of unbranched alkanes of at least 4 members (excludes halogenated alkanes) is 3. The van der Waals surface area contributed by atoms with Crippen LogP contribution in [0.25, 0.3) is 10.4 Å². The summed E-state index contributed by atoms with van der Waals surface area (Å²) in [6.45, 7) is 3.02. The lowest BCUT2D eigenvalue weighted by molar-refractivity contribution is -0.270. The minimum Gasteiger partial charge on any atom is -0.394 e. The maximum absolute atomic E-state index is 13.8. The first kappa shape index (κ1) is 101. The van der Waals surface area contributed by atoms with Crippen LogP contribution in [0.2, 0.25) is 0 Å². The Kier molecular flexibility index (Phi) is 53.9. The van der Waals surface area contributed by atoms with Crippen LogP contribution in [0, 0.1) is 0 Å². The summed E-state index contributed by atoms with van der Waals surface area (Å²) < 4.78 is 68.4. The average Bonchev–Trinajstić information content (AvgIpc) is 0.825. The van der Waals surface area contributed by atoms with Crippen LogP contribution < -0.4 is 53.2 Å². The van der Waals surface area contributed by atoms with Gasteiger partial charge >= 0.3 is 0 Å². The fraction of sp³-hybridized carbons (Fsp3) is 0.857. The number of ether oxygens (including phenoxy) is 12. The molecule has 15 atom stereocenters. The van der Waals surface area contributed by atoms with Gasteiger partial charge in [0.2, 0.25) is 59.1 Å². The van der Waals surface area contributed by atoms with Crippen LogP contribution in [-0.4, -0.2) is 367 Å². The van der Waals surface area contributed by atoms with Crippen LogP contribution in [0.5, 0.6) is 0 Å². The molecule has 3 aliphatic heterocycles. The van der Waals surface area contributed by atoms with Crippen LogP contribution >= 0.6 is 0 Å². The van der Waals surface area contributed by atoms with Crippen LogP contribution in [0.4, 0.5) is 0 Å². The Balaban J connectivity index is 1.56. The second-order valence-electron chi connectivity index (χ2n) is 27.2. The Morgan fingerprint density at radius 1 is 0.351 bits per heavy atom. The first-order chi connectivity index (χ1) is 54.8. The monoisotopic (exact) mass is 1640 g/mol. The van der Waals surface area contributed by atoms with Crippen molar-refractivity contribution in [2.45, 2.75) is 221 Å². The molecule has 3 rings (SSSR count). The molecule has 114 heavy (non-hydrogen) atoms. The van der Waals surface area contributed by atoms with Crippen molar-refractivity contribution in [3.8, 4) is 0 Å². The minimum absolute atomic E-state index is 0.0511. The molecule has 0 aromatic heterocycles. The molecule has 3 aliphatic rings. The van der Waals surface area contributed by atoms with E-state index in [1.807, 2.05) is 0 Å². The summed E-state index contributed by atoms with van der Waals surface area (Å²) in [7, 11) is 0. The molecular weight excluding hydrogens is 1520 g/mol. The lowest BCUT2D eigenvalue weighted by atomic mass is 9.97. The molecule has 44 nitrogen and oxygen atoms in total. The molecule has 3 saturated heterocycles. The van der Waals surface area contributed by atoms with E-state index in [0.29, 0.717) is 57.8 Å². The van der Waals surface area contributed by atoms with Crippen molar-refractivity contribution >= 4 is 59.1 Å². The fourth-order valence-electron chi connectivity index (χ4n) is 11.5. The highest BCUT2D eigenvalue weighted by Gasteiger charge is 2.48. The molecule has 656 valence electrons. The van der Waals surface area contributed by atoms with E-state index >= 15 is 0 Å². The number of hydrogen-bond donors (Lipinski definition) is 19. The van der Waals surface area contributed by atoms with E-state index in [0.717, 1.165) is 0 Å². The average molecular weight is 1640 g/mol. The molecule has 0 radical (unpaired) electrons. The van der Waals surface area contributed by atoms with Gasteiger partial charge in [0, 0.05) is 136 Å². The zero-order chi connectivity index (χ0) is 83.9. The van der Waals surface area contributed by atoms with Crippen molar-refractivity contribution in [1.82, 2.24) is 53.2 Å². The number of hydrogen-bond acceptors (Lipinski definition) is 32. The van der Waals surface area contributed by atoms with Crippen molar-refractivity contribution in [3.63, 3.8) is 0 Å². The highest BCUT2D eigenvalue weighted by molar-refractivity contribution is 5.79. The topological polar surface area (TPSA) is 633 Å². The number of aliphatic hydroxyl groups is 9. The minimum atomic E-state index is -1.50. The first-order valence-electron chi connectivity index (χ1n) is 38.7. The molecule has 0 aliphatic carbocycles. The van der Waals surface area contributed by atoms with Gasteiger partial charge in [0.1, 0.15) is 78.6 Å². The predicted molar refractivity (Wildman–Crippen MR) is 396 cm³/mol. The van der Waals surface area contributed by atoms with Gasteiger partial charge in [-0.1, -0.05) is 5.11 Å². The second kappa shape index (κ2) is 60.6. The largest absolute Gasteiger partial charge is 0.394 e. The SMILES string of the molecule is CC(=O)NC1C(OCCCCC(=O)NCCCNC(=O)CCOCC(COCCC(=O)NCCCNC(=O)CCCCOC2OC(CO)C(O)C(O)C2NC(C)=O)(COCCC(=O)NCCCNC(=O)CCCCOC2OC(CO)C(O)C(O)C2NC(C)=O)NC(=O)CCOCCOCCOCCN=[N+]=[N-])OC(CO)C(O)C1O. The molecule has 0 saturated carbocycles. The Morgan fingerprint density at radius 2 is 0.623 bits per heavy atom. The highest BCUT2D eigenvalue weighted by atomic mass is 16.7. The standard InChI is InChI=1S/C70H125N13O31/c1-45(87)79-58-64(100)61(97)48(39-84)112-67(58)109-27-7-4-13-51(90)72-20-10-23-75-54(93)16-31-106-42-70(82-57(96)19-30-103-35-37-105-38-36-104-34-26-78-83-71,43-107-32-17-55(94)76-24-11-21-73-52(91)14-5-8-28-110-68-59(80-46(2)88)65(101)62(98)49(40-85)113-68)44-108-33-18-56(95)77-25-12-22-74-53(92)15-6-9-29-111-69-60(81-47(3)89)66(102)63(99)50(41-86)114-69/h48-50,58-69,84-86,97-102H,4-44H2,1-3H3,(H,72,90)(H,73,91)(H,74,92)(H,75,93)(H,76,94)(H,77,95)(H,79,87)(H,80,88)(H,81,89)(H,82,96). The van der Waals surface area contributed by atoms with Gasteiger partial charge in [-0.2, -0.15) is 0 Å². The van der Waals surface area contributed by atoms with Gasteiger partial charge in [0.25, 0.3) is 0 Å². The number of nitrogens with one attached hydrogen (secondary N) is 10. The Morgan fingerprint density at radius 3 is 0.912 bits per heavy atom. The van der Waals surface area contributed by atoms with E-state index in [9.17, 15) is 93.9 Å². The fourth-order valence-corrected chi connectivity index (χ4v) is 11.5. The summed E-state index contributed by atoms with van der Waals surface area (Å²) in [4.78, 5) is 129. The van der Waals surface area contributed by atoms with E-state index in [-0.39, 0.29) is 208 Å². The quantitative estimate of drug-likeness (QED) is 0.0116. The Hall–Kier alpha value is -6.83. The van der Waals surface area contributed by atoms with Crippen molar-refractivity contribution in [2.75, 3.05) is 165 Å². The number of amides is 10. The summed E-state index contributed by atoms with van der Waals surface area (Å²) in [5.41, 5.74) is 6.92. The summed E-state index contributed by atoms with van der Waals surface area (Å²) >= 11 is 0. The van der Waals surface area contributed by atoms with E-state index in [4.69, 9.17) is 62.4 Å². The van der Waals surface area contributed by atoms with Crippen LogP contribution in [-0.2, 0) is 105 Å². The molecule has 3 fully saturated rings. The molecule has 0 aromatic rings. The third-order valence-corrected chi connectivity index (χ3v) is 17.6. The van der Waals surface area contributed by atoms with Crippen LogP contribution in [0.15, 0.2) is 5.11 Å². The maximum Gasteiger partial charge on any atom is 0.222 e. The molecule has 15 unspecified atom stereocenters. The van der Waals surface area contributed by atoms with Crippen LogP contribution in [0.1, 0.15) is 124 Å². The number of azide groups is 1. The molecule has 19 N–H and O–H groups in total. The summed E-state index contributed by atoms with van der Waals surface area (Å²) in [6.07, 6.45) is -12.5. The Labute approximate surface area is 662 Å². The third-order valence-electron chi connectivity index (χ3n) is 17.6. The summed E-state index contributed by atoms with van der Waals surface area (Å²) in [6, 6.07) is -3.31. The number of aliphatic hydroxyl groups excluding tert-OH is 9. The van der Waals surface area contributed by atoms with E-state index in [1.165, 1.54) is 20.8 Å². The zero-order valence-corrected chi connectivity index (χ0v) is 65.5. The van der Waals surface area contributed by atoms with Gasteiger partial charge in [0.15, 0.2) is 18.9 Å². The number of carbonyl (C=O) groups is 10. The van der Waals surface area contributed by atoms with Gasteiger partial charge in [-0.3, -0.25) is 47.9 Å². The van der Waals surface area contributed by atoms with E-state index < -0.39 is 159 Å². The molecule has 0 spiro atoms. The second-order valence-corrected chi connectivity index (χ2v) is 27.2. The molecular formula is C70H125N13O31. The first-order valence-corrected chi connectivity index (χ1v) is 38.7. The third kappa shape index (κ3) is 43.4. The smallest absolute Gasteiger partial charge is 0.222 e. The van der Waals surface area contributed by atoms with Gasteiger partial charge < -0.3 is 156 Å². The molecule has 3 heterocycles. The lowest BCUT2D eigenvalue weighted by Gasteiger charge is -2.42.